The molecule has 0 aliphatic rings. The number of carbonyl (C=O) groups excluding carboxylic acids is 5. The zero-order chi connectivity index (χ0) is 22.4. The molecule has 0 rings (SSSR count). The first-order chi connectivity index (χ1) is 13.7. The van der Waals surface area contributed by atoms with Crippen LogP contribution in [0.2, 0.25) is 0 Å². The summed E-state index contributed by atoms with van der Waals surface area (Å²) in [6, 6.07) is 0. The van der Waals surface area contributed by atoms with Gasteiger partial charge in [-0.15, -0.1) is 0 Å². The highest BCUT2D eigenvalue weighted by Gasteiger charge is 2.39. The molecular weight excluding hydrogens is 388 g/mol. The van der Waals surface area contributed by atoms with Crippen LogP contribution >= 0.6 is 0 Å². The molecule has 0 bridgehead atoms. The lowest BCUT2D eigenvalue weighted by Gasteiger charge is -2.32. The van der Waals surface area contributed by atoms with Gasteiger partial charge in [-0.05, 0) is 0 Å². The molecule has 0 spiro atoms. The highest BCUT2D eigenvalue weighted by molar-refractivity contribution is 5.71. The van der Waals surface area contributed by atoms with Gasteiger partial charge in [0, 0.05) is 32.6 Å². The summed E-state index contributed by atoms with van der Waals surface area (Å²) in [5, 5.41) is 0. The van der Waals surface area contributed by atoms with Gasteiger partial charge in [-0.25, -0.2) is 0 Å². The van der Waals surface area contributed by atoms with Crippen molar-refractivity contribution in [3.63, 3.8) is 0 Å². The number of hydrogen-bond donors (Lipinski definition) is 0. The van der Waals surface area contributed by atoms with Crippen LogP contribution in [-0.2, 0) is 47.7 Å². The second kappa shape index (κ2) is 14.4. The molecule has 0 aromatic carbocycles. The van der Waals surface area contributed by atoms with Crippen molar-refractivity contribution in [3.05, 3.63) is 0 Å². The molecule has 0 aliphatic carbocycles. The maximum Gasteiger partial charge on any atom is 0.306 e. The maximum absolute atomic E-state index is 12.0. The Morgan fingerprint density at radius 2 is 0.966 bits per heavy atom. The summed E-state index contributed by atoms with van der Waals surface area (Å²) in [6.45, 7) is 6.52. The van der Waals surface area contributed by atoms with Crippen molar-refractivity contribution in [3.8, 4) is 0 Å². The van der Waals surface area contributed by atoms with Crippen LogP contribution < -0.4 is 0 Å². The molecular formula is C19H30O10. The highest BCUT2D eigenvalue weighted by atomic mass is 16.6. The number of rotatable bonds is 13. The van der Waals surface area contributed by atoms with Crippen LogP contribution in [0.3, 0.4) is 0 Å². The molecule has 29 heavy (non-hydrogen) atoms. The molecule has 10 nitrogen and oxygen atoms in total. The van der Waals surface area contributed by atoms with Crippen molar-refractivity contribution in [1.82, 2.24) is 0 Å². The standard InChI is InChI=1S/C19H30O10/c1-6-15(21)26-11-14(28-17(23)8-3)19(29-18(24)9-4)13(10-25-12(5)20)27-16(22)7-2/h13-14,19H,6-11H2,1-5H3. The molecule has 10 heteroatoms. The Hall–Kier alpha value is -2.65. The topological polar surface area (TPSA) is 132 Å². The van der Waals surface area contributed by atoms with Crippen molar-refractivity contribution in [2.75, 3.05) is 13.2 Å². The van der Waals surface area contributed by atoms with Gasteiger partial charge >= 0.3 is 29.8 Å². The second-order valence-corrected chi connectivity index (χ2v) is 5.91. The van der Waals surface area contributed by atoms with E-state index in [0.29, 0.717) is 0 Å². The normalized spacial score (nSPS) is 13.4. The Labute approximate surface area is 170 Å². The average molecular weight is 418 g/mol. The summed E-state index contributed by atoms with van der Waals surface area (Å²) < 4.78 is 25.8. The number of esters is 5. The number of hydrogen-bond acceptors (Lipinski definition) is 10. The molecule has 0 heterocycles. The molecule has 0 fully saturated rings. The third-order valence-electron chi connectivity index (χ3n) is 3.58. The molecule has 0 amide bonds. The Morgan fingerprint density at radius 1 is 0.586 bits per heavy atom. The fraction of sp³-hybridized carbons (Fsp3) is 0.737. The zero-order valence-corrected chi connectivity index (χ0v) is 17.6. The van der Waals surface area contributed by atoms with Crippen LogP contribution in [-0.4, -0.2) is 61.4 Å². The minimum atomic E-state index is -1.35. The Kier molecular flexibility index (Phi) is 13.0. The van der Waals surface area contributed by atoms with Gasteiger partial charge < -0.3 is 23.7 Å². The van der Waals surface area contributed by atoms with E-state index >= 15 is 0 Å². The predicted octanol–water partition coefficient (Wildman–Crippen LogP) is 1.47. The van der Waals surface area contributed by atoms with Crippen molar-refractivity contribution >= 4 is 29.8 Å². The van der Waals surface area contributed by atoms with E-state index in [0.717, 1.165) is 6.92 Å². The summed E-state index contributed by atoms with van der Waals surface area (Å²) >= 11 is 0. The fourth-order valence-corrected chi connectivity index (χ4v) is 2.00. The molecule has 166 valence electrons. The van der Waals surface area contributed by atoms with Crippen molar-refractivity contribution in [2.45, 2.75) is 78.6 Å². The van der Waals surface area contributed by atoms with Gasteiger partial charge in [0.05, 0.1) is 0 Å². The Bertz CT molecular complexity index is 571. The molecule has 0 radical (unpaired) electrons. The molecule has 0 aliphatic heterocycles. The van der Waals surface area contributed by atoms with Crippen LogP contribution in [0.4, 0.5) is 0 Å². The summed E-state index contributed by atoms with van der Waals surface area (Å²) in [5.74, 6) is -3.18. The van der Waals surface area contributed by atoms with Crippen LogP contribution in [0.1, 0.15) is 60.3 Å². The summed E-state index contributed by atoms with van der Waals surface area (Å²) in [6.07, 6.45) is -3.80. The zero-order valence-electron chi connectivity index (χ0n) is 17.6. The van der Waals surface area contributed by atoms with E-state index in [9.17, 15) is 24.0 Å². The Balaban J connectivity index is 5.85. The molecule has 0 aromatic rings. The van der Waals surface area contributed by atoms with Crippen molar-refractivity contribution < 1.29 is 47.7 Å². The SMILES string of the molecule is CCC(=O)OCC(OC(=O)CC)C(OC(=O)CC)C(COC(C)=O)OC(=O)CC. The van der Waals surface area contributed by atoms with E-state index in [1.807, 2.05) is 0 Å². The first-order valence-corrected chi connectivity index (χ1v) is 9.55. The molecule has 3 atom stereocenters. The van der Waals surface area contributed by atoms with Gasteiger partial charge in [-0.3, -0.25) is 24.0 Å². The van der Waals surface area contributed by atoms with Crippen LogP contribution in [0.25, 0.3) is 0 Å². The largest absolute Gasteiger partial charge is 0.462 e. The number of ether oxygens (including phenoxy) is 5. The predicted molar refractivity (Wildman–Crippen MR) is 98.4 cm³/mol. The van der Waals surface area contributed by atoms with E-state index in [4.69, 9.17) is 23.7 Å². The first kappa shape index (κ1) is 26.4. The van der Waals surface area contributed by atoms with E-state index < -0.39 is 61.4 Å². The van der Waals surface area contributed by atoms with Gasteiger partial charge in [0.15, 0.2) is 18.3 Å². The third kappa shape index (κ3) is 11.1. The van der Waals surface area contributed by atoms with E-state index in [1.54, 1.807) is 27.7 Å². The highest BCUT2D eigenvalue weighted by Crippen LogP contribution is 2.17. The van der Waals surface area contributed by atoms with Gasteiger partial charge in [-0.1, -0.05) is 27.7 Å². The quantitative estimate of drug-likeness (QED) is 0.320. The minimum Gasteiger partial charge on any atom is -0.462 e. The van der Waals surface area contributed by atoms with Gasteiger partial charge in [0.2, 0.25) is 0 Å². The summed E-state index contributed by atoms with van der Waals surface area (Å²) in [4.78, 5) is 58.4. The third-order valence-corrected chi connectivity index (χ3v) is 3.58. The molecule has 0 aromatic heterocycles. The lowest BCUT2D eigenvalue weighted by Crippen LogP contribution is -2.49. The lowest BCUT2D eigenvalue weighted by atomic mass is 10.1. The van der Waals surface area contributed by atoms with Crippen molar-refractivity contribution in [2.24, 2.45) is 0 Å². The van der Waals surface area contributed by atoms with E-state index in [1.165, 1.54) is 0 Å². The minimum absolute atomic E-state index is 0.00918. The average Bonchev–Trinajstić information content (AvgIpc) is 2.71. The van der Waals surface area contributed by atoms with E-state index in [2.05, 4.69) is 0 Å². The number of carbonyl (C=O) groups is 5. The van der Waals surface area contributed by atoms with Crippen LogP contribution in [0, 0.1) is 0 Å². The fourth-order valence-electron chi connectivity index (χ4n) is 2.00. The summed E-state index contributed by atoms with van der Waals surface area (Å²) in [5.41, 5.74) is 0. The molecule has 0 saturated heterocycles. The van der Waals surface area contributed by atoms with Gasteiger partial charge in [-0.2, -0.15) is 0 Å². The van der Waals surface area contributed by atoms with Crippen LogP contribution in [0.5, 0.6) is 0 Å². The molecule has 3 unspecified atom stereocenters. The van der Waals surface area contributed by atoms with Crippen LogP contribution in [0.15, 0.2) is 0 Å². The van der Waals surface area contributed by atoms with E-state index in [-0.39, 0.29) is 25.7 Å². The smallest absolute Gasteiger partial charge is 0.306 e. The first-order valence-electron chi connectivity index (χ1n) is 9.55. The van der Waals surface area contributed by atoms with Gasteiger partial charge in [0.1, 0.15) is 13.2 Å². The molecule has 0 N–H and O–H groups in total. The van der Waals surface area contributed by atoms with Gasteiger partial charge in [0.25, 0.3) is 0 Å². The van der Waals surface area contributed by atoms with Crippen molar-refractivity contribution in [1.29, 1.82) is 0 Å². The maximum atomic E-state index is 12.0. The monoisotopic (exact) mass is 418 g/mol. The Morgan fingerprint density at radius 3 is 1.34 bits per heavy atom. The molecule has 0 saturated carbocycles. The summed E-state index contributed by atoms with van der Waals surface area (Å²) in [7, 11) is 0. The second-order valence-electron chi connectivity index (χ2n) is 5.91. The lowest BCUT2D eigenvalue weighted by molar-refractivity contribution is -0.196.